The van der Waals surface area contributed by atoms with E-state index in [1.54, 1.807) is 24.4 Å². The molecule has 5 rings (SSSR count). The third-order valence-corrected chi connectivity index (χ3v) is 7.58. The van der Waals surface area contributed by atoms with Crippen molar-refractivity contribution in [3.05, 3.63) is 83.1 Å². The zero-order valence-corrected chi connectivity index (χ0v) is 21.4. The summed E-state index contributed by atoms with van der Waals surface area (Å²) in [5.74, 6) is -1.98. The minimum absolute atomic E-state index is 0.0308. The summed E-state index contributed by atoms with van der Waals surface area (Å²) in [5, 5.41) is 3.50. The topological polar surface area (TPSA) is 87.0 Å². The molecule has 0 bridgehead atoms. The van der Waals surface area contributed by atoms with Gasteiger partial charge in [-0.15, -0.1) is 0 Å². The Hall–Kier alpha value is -4.32. The summed E-state index contributed by atoms with van der Waals surface area (Å²) in [6.45, 7) is 11.7. The first-order valence-electron chi connectivity index (χ1n) is 12.6. The fraction of sp³-hybridized carbons (Fsp3) is 0.345. The maximum Gasteiger partial charge on any atom is 0.302 e. The summed E-state index contributed by atoms with van der Waals surface area (Å²) in [5.41, 5.74) is 0.701. The van der Waals surface area contributed by atoms with Crippen molar-refractivity contribution in [3.63, 3.8) is 0 Å². The predicted octanol–water partition coefficient (Wildman–Crippen LogP) is 4.23. The summed E-state index contributed by atoms with van der Waals surface area (Å²) in [6, 6.07) is 12.5. The van der Waals surface area contributed by atoms with Gasteiger partial charge in [0.15, 0.2) is 0 Å². The van der Waals surface area contributed by atoms with Crippen molar-refractivity contribution in [2.75, 3.05) is 18.9 Å². The molecule has 3 heterocycles. The molecule has 3 amide bonds. The van der Waals surface area contributed by atoms with Crippen molar-refractivity contribution in [1.29, 1.82) is 0 Å². The van der Waals surface area contributed by atoms with Crippen LogP contribution in [-0.4, -0.2) is 58.3 Å². The lowest BCUT2D eigenvalue weighted by Gasteiger charge is -2.32. The lowest BCUT2D eigenvalue weighted by molar-refractivity contribution is -0.136. The SMILES string of the molecule is [C-]#[N+][C@@H]1C[C@@]2(CN1C(=O)[C@H](CC(C)C)N(C)C(=O)c1cc3cccnc3cc1F)C(=O)Nc1ccccc12. The van der Waals surface area contributed by atoms with Crippen LogP contribution in [0.3, 0.4) is 0 Å². The number of fused-ring (bicyclic) bond motifs is 3. The van der Waals surface area contributed by atoms with E-state index in [9.17, 15) is 18.8 Å². The first-order chi connectivity index (χ1) is 18.2. The molecule has 38 heavy (non-hydrogen) atoms. The van der Waals surface area contributed by atoms with Crippen LogP contribution in [0, 0.1) is 18.3 Å². The molecule has 1 aromatic heterocycles. The number of carbonyl (C=O) groups excluding carboxylic acids is 3. The number of likely N-dealkylation sites (tertiary alicyclic amines) is 1. The molecule has 0 radical (unpaired) electrons. The van der Waals surface area contributed by atoms with Crippen LogP contribution in [0.5, 0.6) is 0 Å². The van der Waals surface area contributed by atoms with E-state index >= 15 is 0 Å². The zero-order chi connectivity index (χ0) is 27.2. The summed E-state index contributed by atoms with van der Waals surface area (Å²) < 4.78 is 15.0. The number of aromatic nitrogens is 1. The largest absolute Gasteiger partial charge is 0.330 e. The molecule has 194 valence electrons. The standard InChI is InChI=1S/C29H28FN5O3/c1-17(2)12-24(34(4)26(36)19-13-18-8-7-11-32-23(18)14-21(19)30)27(37)35-16-29(15-25(35)31-3)20-9-5-6-10-22(20)33-28(29)38/h5-11,13-14,17,24-25H,12,15-16H2,1-2,4H3,(H,33,38)/t24-,25-,29-/m0/s1. The first-order valence-corrected chi connectivity index (χ1v) is 12.6. The van der Waals surface area contributed by atoms with Crippen LogP contribution in [0.4, 0.5) is 10.1 Å². The molecule has 9 heteroatoms. The molecule has 1 fully saturated rings. The van der Waals surface area contributed by atoms with Gasteiger partial charge in [-0.3, -0.25) is 29.1 Å². The van der Waals surface area contributed by atoms with Crippen LogP contribution in [0.15, 0.2) is 54.7 Å². The molecule has 2 aromatic carbocycles. The number of carbonyl (C=O) groups is 3. The Balaban J connectivity index is 1.48. The fourth-order valence-electron chi connectivity index (χ4n) is 5.61. The van der Waals surface area contributed by atoms with Gasteiger partial charge in [0, 0.05) is 36.9 Å². The van der Waals surface area contributed by atoms with Crippen LogP contribution in [0.2, 0.25) is 0 Å². The summed E-state index contributed by atoms with van der Waals surface area (Å²) in [4.78, 5) is 51.2. The highest BCUT2D eigenvalue weighted by molar-refractivity contribution is 6.07. The molecule has 8 nitrogen and oxygen atoms in total. The van der Waals surface area contributed by atoms with Crippen LogP contribution < -0.4 is 5.32 Å². The van der Waals surface area contributed by atoms with Gasteiger partial charge in [0.1, 0.15) is 17.3 Å². The van der Waals surface area contributed by atoms with Crippen LogP contribution >= 0.6 is 0 Å². The molecular formula is C29H28FN5O3. The highest BCUT2D eigenvalue weighted by Crippen LogP contribution is 2.47. The predicted molar refractivity (Wildman–Crippen MR) is 141 cm³/mol. The number of likely N-dealkylation sites (N-methyl/N-ethyl adjacent to an activating group) is 1. The van der Waals surface area contributed by atoms with E-state index in [1.165, 1.54) is 29.0 Å². The minimum Gasteiger partial charge on any atom is -0.330 e. The lowest BCUT2D eigenvalue weighted by Crippen LogP contribution is -2.51. The monoisotopic (exact) mass is 513 g/mol. The quantitative estimate of drug-likeness (QED) is 0.518. The van der Waals surface area contributed by atoms with E-state index in [1.807, 2.05) is 32.0 Å². The lowest BCUT2D eigenvalue weighted by atomic mass is 9.80. The van der Waals surface area contributed by atoms with Gasteiger partial charge < -0.3 is 10.2 Å². The Kier molecular flexibility index (Phi) is 6.35. The first kappa shape index (κ1) is 25.3. The fourth-order valence-corrected chi connectivity index (χ4v) is 5.61. The maximum absolute atomic E-state index is 15.0. The molecule has 2 aliphatic rings. The number of hydrogen-bond acceptors (Lipinski definition) is 4. The van der Waals surface area contributed by atoms with Gasteiger partial charge in [0.25, 0.3) is 11.8 Å². The van der Waals surface area contributed by atoms with Crippen molar-refractivity contribution in [3.8, 4) is 0 Å². The minimum atomic E-state index is -1.02. The number of nitrogens with zero attached hydrogens (tertiary/aromatic N) is 4. The Morgan fingerprint density at radius 1 is 1.26 bits per heavy atom. The molecule has 1 N–H and O–H groups in total. The second kappa shape index (κ2) is 9.53. The van der Waals surface area contributed by atoms with E-state index in [4.69, 9.17) is 6.57 Å². The van der Waals surface area contributed by atoms with Gasteiger partial charge in [-0.2, -0.15) is 0 Å². The molecular weight excluding hydrogens is 485 g/mol. The molecule has 0 aliphatic carbocycles. The average molecular weight is 514 g/mol. The van der Waals surface area contributed by atoms with E-state index in [0.29, 0.717) is 23.0 Å². The summed E-state index contributed by atoms with van der Waals surface area (Å²) in [7, 11) is 1.48. The van der Waals surface area contributed by atoms with Gasteiger partial charge in [-0.05, 0) is 36.1 Å². The molecule has 2 aliphatic heterocycles. The van der Waals surface area contributed by atoms with Gasteiger partial charge in [0.05, 0.1) is 17.5 Å². The second-order valence-corrected chi connectivity index (χ2v) is 10.5. The summed E-state index contributed by atoms with van der Waals surface area (Å²) >= 11 is 0. The van der Waals surface area contributed by atoms with E-state index < -0.39 is 35.3 Å². The Morgan fingerprint density at radius 2 is 2.03 bits per heavy atom. The number of para-hydroxylation sites is 1. The molecule has 0 saturated carbocycles. The molecule has 1 saturated heterocycles. The number of hydrogen-bond donors (Lipinski definition) is 1. The molecule has 3 aromatic rings. The number of nitrogens with one attached hydrogen (secondary N) is 1. The normalized spacial score (nSPS) is 20.9. The Bertz CT molecular complexity index is 1500. The number of amides is 3. The van der Waals surface area contributed by atoms with Crippen molar-refractivity contribution in [1.82, 2.24) is 14.8 Å². The van der Waals surface area contributed by atoms with Gasteiger partial charge in [-0.1, -0.05) is 38.1 Å². The van der Waals surface area contributed by atoms with Gasteiger partial charge in [0.2, 0.25) is 5.91 Å². The molecule has 0 unspecified atom stereocenters. The van der Waals surface area contributed by atoms with Crippen LogP contribution in [-0.2, 0) is 15.0 Å². The van der Waals surface area contributed by atoms with E-state index in [-0.39, 0.29) is 30.4 Å². The number of anilines is 1. The number of halogens is 1. The number of pyridine rings is 1. The van der Waals surface area contributed by atoms with Crippen molar-refractivity contribution < 1.29 is 18.8 Å². The maximum atomic E-state index is 15.0. The average Bonchev–Trinajstić information content (AvgIpc) is 3.43. The van der Waals surface area contributed by atoms with Gasteiger partial charge >= 0.3 is 6.17 Å². The Morgan fingerprint density at radius 3 is 2.76 bits per heavy atom. The molecule has 3 atom stereocenters. The highest BCUT2D eigenvalue weighted by atomic mass is 19.1. The van der Waals surface area contributed by atoms with Crippen molar-refractivity contribution in [2.45, 2.75) is 44.3 Å². The zero-order valence-electron chi connectivity index (χ0n) is 21.4. The highest BCUT2D eigenvalue weighted by Gasteiger charge is 2.59. The third kappa shape index (κ3) is 4.06. The van der Waals surface area contributed by atoms with Crippen molar-refractivity contribution in [2.24, 2.45) is 5.92 Å². The smallest absolute Gasteiger partial charge is 0.302 e. The van der Waals surface area contributed by atoms with Crippen molar-refractivity contribution >= 4 is 34.3 Å². The van der Waals surface area contributed by atoms with Crippen LogP contribution in [0.25, 0.3) is 15.7 Å². The molecule has 1 spiro atoms. The third-order valence-electron chi connectivity index (χ3n) is 7.58. The Labute approximate surface area is 220 Å². The number of rotatable bonds is 5. The van der Waals surface area contributed by atoms with E-state index in [0.717, 1.165) is 5.56 Å². The van der Waals surface area contributed by atoms with E-state index in [2.05, 4.69) is 15.1 Å². The van der Waals surface area contributed by atoms with Gasteiger partial charge in [-0.25, -0.2) is 11.0 Å². The summed E-state index contributed by atoms with van der Waals surface area (Å²) in [6.07, 6.45) is 1.17. The second-order valence-electron chi connectivity index (χ2n) is 10.5. The number of benzene rings is 2. The van der Waals surface area contributed by atoms with Crippen LogP contribution in [0.1, 0.15) is 42.6 Å².